The molecule has 1 aromatic carbocycles. The van der Waals surface area contributed by atoms with Crippen LogP contribution in [0.25, 0.3) is 0 Å². The number of nitrogens with one attached hydrogen (secondary N) is 1. The number of epoxide rings is 1. The van der Waals surface area contributed by atoms with Crippen LogP contribution < -0.4 is 5.32 Å². The van der Waals surface area contributed by atoms with E-state index in [1.165, 1.54) is 12.1 Å². The number of nitro benzene ring substituents is 1. The molecule has 0 saturated carbocycles. The Kier molecular flexibility index (Phi) is 3.04. The van der Waals surface area contributed by atoms with Crippen molar-refractivity contribution in [2.24, 2.45) is 0 Å². The molecule has 6 nitrogen and oxygen atoms in total. The predicted molar refractivity (Wildman–Crippen MR) is 65.5 cm³/mol. The van der Waals surface area contributed by atoms with Gasteiger partial charge in [0.2, 0.25) is 0 Å². The van der Waals surface area contributed by atoms with Gasteiger partial charge in [-0.3, -0.25) is 14.9 Å². The third kappa shape index (κ3) is 2.33. The summed E-state index contributed by atoms with van der Waals surface area (Å²) in [5.41, 5.74) is 0.483. The molecule has 6 heteroatoms. The monoisotopic (exact) mass is 250 g/mol. The zero-order valence-corrected chi connectivity index (χ0v) is 10.2. The summed E-state index contributed by atoms with van der Waals surface area (Å²) in [5.74, 6) is -0.224. The van der Waals surface area contributed by atoms with Crippen LogP contribution in [0.15, 0.2) is 18.2 Å². The topological polar surface area (TPSA) is 84.8 Å². The summed E-state index contributed by atoms with van der Waals surface area (Å²) in [7, 11) is 0. The minimum absolute atomic E-state index is 0.0735. The van der Waals surface area contributed by atoms with Gasteiger partial charge in [-0.25, -0.2) is 0 Å². The molecule has 1 unspecified atom stereocenters. The van der Waals surface area contributed by atoms with Crippen molar-refractivity contribution >= 4 is 17.3 Å². The lowest BCUT2D eigenvalue weighted by Crippen LogP contribution is -2.28. The molecule has 2 rings (SSSR count). The van der Waals surface area contributed by atoms with Gasteiger partial charge in [0.15, 0.2) is 5.60 Å². The maximum Gasteiger partial charge on any atom is 0.272 e. The second-order valence-corrected chi connectivity index (χ2v) is 4.43. The van der Waals surface area contributed by atoms with Gasteiger partial charge in [0.25, 0.3) is 11.6 Å². The number of anilines is 1. The lowest BCUT2D eigenvalue weighted by atomic mass is 10.1. The van der Waals surface area contributed by atoms with Gasteiger partial charge in [0, 0.05) is 17.3 Å². The highest BCUT2D eigenvalue weighted by Crippen LogP contribution is 2.29. The molecule has 1 heterocycles. The SMILES string of the molecule is CCc1cc(NC(=O)C2(C)CO2)ccc1[N+](=O)[O-]. The molecule has 1 fully saturated rings. The molecular formula is C12H14N2O4. The molecule has 1 aliphatic rings. The maximum absolute atomic E-state index is 11.7. The van der Waals surface area contributed by atoms with Crippen molar-refractivity contribution in [3.8, 4) is 0 Å². The quantitative estimate of drug-likeness (QED) is 0.502. The van der Waals surface area contributed by atoms with E-state index >= 15 is 0 Å². The standard InChI is InChI=1S/C12H14N2O4/c1-3-8-6-9(4-5-10(8)14(16)17)13-11(15)12(2)7-18-12/h4-6H,3,7H2,1-2H3,(H,13,15). The number of carbonyl (C=O) groups is 1. The molecule has 1 amide bonds. The van der Waals surface area contributed by atoms with Crippen LogP contribution in [0.3, 0.4) is 0 Å². The first kappa shape index (κ1) is 12.5. The van der Waals surface area contributed by atoms with Gasteiger partial charge in [-0.15, -0.1) is 0 Å². The van der Waals surface area contributed by atoms with Crippen LogP contribution in [0.4, 0.5) is 11.4 Å². The zero-order chi connectivity index (χ0) is 13.3. The molecule has 1 saturated heterocycles. The summed E-state index contributed by atoms with van der Waals surface area (Å²) in [6.45, 7) is 3.94. The average molecular weight is 250 g/mol. The van der Waals surface area contributed by atoms with Crippen LogP contribution in [0, 0.1) is 10.1 Å². The van der Waals surface area contributed by atoms with Gasteiger partial charge in [0.1, 0.15) is 0 Å². The van der Waals surface area contributed by atoms with Gasteiger partial charge < -0.3 is 10.1 Å². The number of hydrogen-bond donors (Lipinski definition) is 1. The van der Waals surface area contributed by atoms with Crippen molar-refractivity contribution in [2.45, 2.75) is 25.9 Å². The highest BCUT2D eigenvalue weighted by atomic mass is 16.6. The highest BCUT2D eigenvalue weighted by Gasteiger charge is 2.47. The maximum atomic E-state index is 11.7. The Morgan fingerprint density at radius 1 is 1.61 bits per heavy atom. The fourth-order valence-corrected chi connectivity index (χ4v) is 1.63. The van der Waals surface area contributed by atoms with E-state index in [2.05, 4.69) is 5.32 Å². The fraction of sp³-hybridized carbons (Fsp3) is 0.417. The van der Waals surface area contributed by atoms with Crippen LogP contribution >= 0.6 is 0 Å². The molecule has 1 aromatic rings. The van der Waals surface area contributed by atoms with Gasteiger partial charge in [-0.05, 0) is 25.5 Å². The van der Waals surface area contributed by atoms with Crippen LogP contribution in [0.1, 0.15) is 19.4 Å². The molecule has 0 bridgehead atoms. The van der Waals surface area contributed by atoms with Crippen molar-refractivity contribution in [3.63, 3.8) is 0 Å². The van der Waals surface area contributed by atoms with E-state index in [0.717, 1.165) is 0 Å². The summed E-state index contributed by atoms with van der Waals surface area (Å²) in [5, 5.41) is 13.5. The lowest BCUT2D eigenvalue weighted by Gasteiger charge is -2.09. The zero-order valence-electron chi connectivity index (χ0n) is 10.2. The van der Waals surface area contributed by atoms with E-state index < -0.39 is 10.5 Å². The molecule has 1 N–H and O–H groups in total. The largest absolute Gasteiger partial charge is 0.359 e. The molecular weight excluding hydrogens is 236 g/mol. The van der Waals surface area contributed by atoms with Gasteiger partial charge in [-0.2, -0.15) is 0 Å². The van der Waals surface area contributed by atoms with E-state index in [1.54, 1.807) is 13.0 Å². The molecule has 0 aliphatic carbocycles. The van der Waals surface area contributed by atoms with Gasteiger partial charge in [0.05, 0.1) is 11.5 Å². The predicted octanol–water partition coefficient (Wildman–Crippen LogP) is 1.88. The van der Waals surface area contributed by atoms with E-state index in [-0.39, 0.29) is 11.6 Å². The van der Waals surface area contributed by atoms with Crippen molar-refractivity contribution < 1.29 is 14.5 Å². The van der Waals surface area contributed by atoms with Gasteiger partial charge in [-0.1, -0.05) is 6.92 Å². The summed E-state index contributed by atoms with van der Waals surface area (Å²) in [4.78, 5) is 22.1. The number of benzene rings is 1. The first-order chi connectivity index (χ1) is 8.46. The van der Waals surface area contributed by atoms with Crippen LogP contribution in [-0.2, 0) is 16.0 Å². The molecule has 1 atom stereocenters. The number of carbonyl (C=O) groups excluding carboxylic acids is 1. The highest BCUT2D eigenvalue weighted by molar-refractivity contribution is 5.98. The second-order valence-electron chi connectivity index (χ2n) is 4.43. The Morgan fingerprint density at radius 2 is 2.28 bits per heavy atom. The fourth-order valence-electron chi connectivity index (χ4n) is 1.63. The second kappa shape index (κ2) is 4.38. The number of nitro groups is 1. The Morgan fingerprint density at radius 3 is 2.78 bits per heavy atom. The van der Waals surface area contributed by atoms with Gasteiger partial charge >= 0.3 is 0 Å². The normalized spacial score (nSPS) is 21.4. The molecule has 1 aliphatic heterocycles. The van der Waals surface area contributed by atoms with Crippen molar-refractivity contribution in [2.75, 3.05) is 11.9 Å². The van der Waals surface area contributed by atoms with E-state index in [4.69, 9.17) is 4.74 Å². The van der Waals surface area contributed by atoms with E-state index in [9.17, 15) is 14.9 Å². The molecule has 0 aromatic heterocycles. The van der Waals surface area contributed by atoms with Crippen LogP contribution in [0.2, 0.25) is 0 Å². The average Bonchev–Trinajstić information content (AvgIpc) is 3.08. The van der Waals surface area contributed by atoms with Crippen molar-refractivity contribution in [1.82, 2.24) is 0 Å². The summed E-state index contributed by atoms with van der Waals surface area (Å²) >= 11 is 0. The Labute approximate surface area is 104 Å². The minimum atomic E-state index is -0.742. The summed E-state index contributed by atoms with van der Waals surface area (Å²) in [6.07, 6.45) is 0.536. The van der Waals surface area contributed by atoms with Crippen molar-refractivity contribution in [1.29, 1.82) is 0 Å². The third-order valence-corrected chi connectivity index (χ3v) is 2.97. The Hall–Kier alpha value is -1.95. The van der Waals surface area contributed by atoms with E-state index in [1.807, 2.05) is 6.92 Å². The minimum Gasteiger partial charge on any atom is -0.359 e. The number of aryl methyl sites for hydroxylation is 1. The number of amides is 1. The molecule has 96 valence electrons. The van der Waals surface area contributed by atoms with Crippen molar-refractivity contribution in [3.05, 3.63) is 33.9 Å². The number of nitrogens with zero attached hydrogens (tertiary/aromatic N) is 1. The smallest absolute Gasteiger partial charge is 0.272 e. The number of ether oxygens (including phenoxy) is 1. The lowest BCUT2D eigenvalue weighted by molar-refractivity contribution is -0.385. The number of rotatable bonds is 4. The summed E-state index contributed by atoms with van der Waals surface area (Å²) < 4.78 is 5.03. The third-order valence-electron chi connectivity index (χ3n) is 2.97. The Balaban J connectivity index is 2.19. The molecule has 0 spiro atoms. The van der Waals surface area contributed by atoms with Crippen LogP contribution in [0.5, 0.6) is 0 Å². The number of hydrogen-bond acceptors (Lipinski definition) is 4. The molecule has 0 radical (unpaired) electrons. The Bertz CT molecular complexity index is 509. The first-order valence-corrected chi connectivity index (χ1v) is 5.69. The first-order valence-electron chi connectivity index (χ1n) is 5.69. The van der Waals surface area contributed by atoms with Crippen LogP contribution in [-0.4, -0.2) is 23.0 Å². The molecule has 18 heavy (non-hydrogen) atoms. The summed E-state index contributed by atoms with van der Waals surface area (Å²) in [6, 6.07) is 4.56. The van der Waals surface area contributed by atoms with E-state index in [0.29, 0.717) is 24.3 Å².